The fraction of sp³-hybridized carbons (Fsp3) is 0.0800. The van der Waals surface area contributed by atoms with E-state index in [9.17, 15) is 9.59 Å². The molecular weight excluding hydrogens is 402 g/mol. The Hall–Kier alpha value is -4.57. The van der Waals surface area contributed by atoms with Gasteiger partial charge in [0, 0.05) is 5.39 Å². The van der Waals surface area contributed by atoms with Crippen LogP contribution in [0, 0.1) is 11.3 Å². The van der Waals surface area contributed by atoms with Gasteiger partial charge in [0.05, 0.1) is 29.3 Å². The molecule has 0 radical (unpaired) electrons. The number of benzene rings is 3. The maximum Gasteiger partial charge on any atom is 0.292 e. The lowest BCUT2D eigenvalue weighted by Gasteiger charge is -2.10. The van der Waals surface area contributed by atoms with Crippen molar-refractivity contribution in [1.29, 1.82) is 5.26 Å². The molecule has 0 aliphatic heterocycles. The summed E-state index contributed by atoms with van der Waals surface area (Å²) in [5.74, 6) is -0.518. The molecule has 0 unspecified atom stereocenters. The van der Waals surface area contributed by atoms with Crippen molar-refractivity contribution in [2.24, 2.45) is 5.10 Å². The van der Waals surface area contributed by atoms with Gasteiger partial charge in [-0.25, -0.2) is 10.1 Å². The quantitative estimate of drug-likeness (QED) is 0.394. The molecule has 0 aliphatic carbocycles. The van der Waals surface area contributed by atoms with E-state index < -0.39 is 5.91 Å². The number of fused-ring (bicyclic) bond motifs is 1. The van der Waals surface area contributed by atoms with E-state index in [2.05, 4.69) is 21.7 Å². The number of carbonyl (C=O) groups excluding carboxylic acids is 1. The number of hydrazone groups is 1. The van der Waals surface area contributed by atoms with Gasteiger partial charge in [0.2, 0.25) is 0 Å². The van der Waals surface area contributed by atoms with Crippen LogP contribution in [0.4, 0.5) is 0 Å². The fourth-order valence-electron chi connectivity index (χ4n) is 3.30. The van der Waals surface area contributed by atoms with Gasteiger partial charge in [0.25, 0.3) is 11.5 Å². The fourth-order valence-corrected chi connectivity index (χ4v) is 3.30. The van der Waals surface area contributed by atoms with E-state index in [1.807, 2.05) is 30.3 Å². The molecule has 32 heavy (non-hydrogen) atoms. The minimum absolute atomic E-state index is 0.118. The van der Waals surface area contributed by atoms with Crippen LogP contribution in [0.5, 0.6) is 0 Å². The third-order valence-electron chi connectivity index (χ3n) is 5.01. The summed E-state index contributed by atoms with van der Waals surface area (Å²) in [5, 5.41) is 18.3. The van der Waals surface area contributed by atoms with Gasteiger partial charge in [0.15, 0.2) is 5.69 Å². The molecule has 0 atom stereocenters. The van der Waals surface area contributed by atoms with Crippen LogP contribution in [0.25, 0.3) is 10.8 Å². The van der Waals surface area contributed by atoms with Gasteiger partial charge < -0.3 is 0 Å². The minimum Gasteiger partial charge on any atom is -0.267 e. The van der Waals surface area contributed by atoms with Crippen LogP contribution in [0.2, 0.25) is 0 Å². The molecule has 0 fully saturated rings. The van der Waals surface area contributed by atoms with Crippen molar-refractivity contribution in [2.75, 3.05) is 0 Å². The Morgan fingerprint density at radius 2 is 1.66 bits per heavy atom. The van der Waals surface area contributed by atoms with Crippen molar-refractivity contribution in [3.8, 4) is 6.07 Å². The van der Waals surface area contributed by atoms with Crippen LogP contribution in [0.1, 0.15) is 34.1 Å². The number of nitrogens with one attached hydrogen (secondary N) is 1. The molecule has 7 nitrogen and oxygen atoms in total. The molecule has 3 aromatic carbocycles. The second-order valence-electron chi connectivity index (χ2n) is 7.17. The first kappa shape index (κ1) is 20.7. The molecule has 0 bridgehead atoms. The Morgan fingerprint density at radius 3 is 2.34 bits per heavy atom. The zero-order chi connectivity index (χ0) is 22.5. The molecule has 0 aliphatic rings. The standard InChI is InChI=1S/C25H19N5O2/c1-17(20-13-11-18(15-26)12-14-20)27-28-24(31)23-21-9-5-6-10-22(21)25(32)30(29-23)16-19-7-3-2-4-8-19/h2-14H,16H2,1H3,(H,28,31). The van der Waals surface area contributed by atoms with E-state index in [4.69, 9.17) is 5.26 Å². The van der Waals surface area contributed by atoms with Gasteiger partial charge in [-0.15, -0.1) is 0 Å². The van der Waals surface area contributed by atoms with Crippen LogP contribution in [-0.4, -0.2) is 21.4 Å². The summed E-state index contributed by atoms with van der Waals surface area (Å²) in [6.45, 7) is 2.00. The monoisotopic (exact) mass is 421 g/mol. The van der Waals surface area contributed by atoms with Crippen molar-refractivity contribution in [3.63, 3.8) is 0 Å². The summed E-state index contributed by atoms with van der Waals surface area (Å²) in [4.78, 5) is 25.9. The first-order chi connectivity index (χ1) is 15.6. The second-order valence-corrected chi connectivity index (χ2v) is 7.17. The number of rotatable bonds is 5. The molecule has 0 spiro atoms. The number of amides is 1. The summed E-state index contributed by atoms with van der Waals surface area (Å²) in [6, 6.07) is 25.3. The Morgan fingerprint density at radius 1 is 1.00 bits per heavy atom. The van der Waals surface area contributed by atoms with Crippen molar-refractivity contribution >= 4 is 22.4 Å². The number of nitrogens with zero attached hydrogens (tertiary/aromatic N) is 4. The molecule has 7 heteroatoms. The van der Waals surface area contributed by atoms with Gasteiger partial charge in [-0.1, -0.05) is 60.7 Å². The SMILES string of the molecule is CC(=NNC(=O)c1nn(Cc2ccccc2)c(=O)c2ccccc12)c1ccc(C#N)cc1. The predicted octanol–water partition coefficient (Wildman–Crippen LogP) is 3.47. The molecule has 1 N–H and O–H groups in total. The molecule has 4 rings (SSSR count). The van der Waals surface area contributed by atoms with Gasteiger partial charge in [-0.3, -0.25) is 9.59 Å². The highest BCUT2D eigenvalue weighted by Gasteiger charge is 2.16. The number of nitriles is 1. The Balaban J connectivity index is 1.68. The topological polar surface area (TPSA) is 100 Å². The summed E-state index contributed by atoms with van der Waals surface area (Å²) < 4.78 is 1.30. The summed E-state index contributed by atoms with van der Waals surface area (Å²) in [7, 11) is 0. The van der Waals surface area contributed by atoms with Crippen LogP contribution in [0.3, 0.4) is 0 Å². The molecule has 156 valence electrons. The smallest absolute Gasteiger partial charge is 0.267 e. The van der Waals surface area contributed by atoms with E-state index in [1.54, 1.807) is 55.5 Å². The third-order valence-corrected chi connectivity index (χ3v) is 5.01. The van der Waals surface area contributed by atoms with E-state index in [1.165, 1.54) is 4.68 Å². The molecule has 1 aromatic heterocycles. The number of carbonyl (C=O) groups is 1. The largest absolute Gasteiger partial charge is 0.292 e. The predicted molar refractivity (Wildman–Crippen MR) is 122 cm³/mol. The Labute approximate surface area is 184 Å². The van der Waals surface area contributed by atoms with E-state index in [0.29, 0.717) is 22.0 Å². The third kappa shape index (κ3) is 4.30. The summed E-state index contributed by atoms with van der Waals surface area (Å²) >= 11 is 0. The van der Waals surface area contributed by atoms with Crippen LogP contribution in [0.15, 0.2) is 88.8 Å². The van der Waals surface area contributed by atoms with E-state index in [0.717, 1.165) is 11.1 Å². The number of aromatic nitrogens is 2. The van der Waals surface area contributed by atoms with Gasteiger partial charge in [-0.05, 0) is 36.2 Å². The van der Waals surface area contributed by atoms with Crippen molar-refractivity contribution in [2.45, 2.75) is 13.5 Å². The second kappa shape index (κ2) is 9.06. The molecule has 0 saturated carbocycles. The molecule has 1 heterocycles. The van der Waals surface area contributed by atoms with Crippen molar-refractivity contribution < 1.29 is 4.79 Å². The van der Waals surface area contributed by atoms with Gasteiger partial charge >= 0.3 is 0 Å². The Kier molecular flexibility index (Phi) is 5.86. The average Bonchev–Trinajstić information content (AvgIpc) is 2.84. The lowest BCUT2D eigenvalue weighted by atomic mass is 10.1. The zero-order valence-corrected chi connectivity index (χ0v) is 17.3. The maximum absolute atomic E-state index is 13.0. The van der Waals surface area contributed by atoms with E-state index in [-0.39, 0.29) is 17.8 Å². The molecular formula is C25H19N5O2. The van der Waals surface area contributed by atoms with Gasteiger partial charge in [0.1, 0.15) is 0 Å². The average molecular weight is 421 g/mol. The first-order valence-electron chi connectivity index (χ1n) is 9.96. The van der Waals surface area contributed by atoms with Crippen molar-refractivity contribution in [3.05, 3.63) is 112 Å². The van der Waals surface area contributed by atoms with Crippen LogP contribution >= 0.6 is 0 Å². The lowest BCUT2D eigenvalue weighted by Crippen LogP contribution is -2.29. The highest BCUT2D eigenvalue weighted by atomic mass is 16.2. The highest BCUT2D eigenvalue weighted by molar-refractivity contribution is 6.06. The highest BCUT2D eigenvalue weighted by Crippen LogP contribution is 2.14. The minimum atomic E-state index is -0.518. The molecule has 0 saturated heterocycles. The normalized spacial score (nSPS) is 11.2. The zero-order valence-electron chi connectivity index (χ0n) is 17.3. The maximum atomic E-state index is 13.0. The number of hydrogen-bond acceptors (Lipinski definition) is 5. The Bertz CT molecular complexity index is 1420. The van der Waals surface area contributed by atoms with Crippen LogP contribution < -0.4 is 11.0 Å². The molecule has 4 aromatic rings. The lowest BCUT2D eigenvalue weighted by molar-refractivity contribution is 0.0949. The first-order valence-corrected chi connectivity index (χ1v) is 9.96. The number of hydrogen-bond donors (Lipinski definition) is 1. The summed E-state index contributed by atoms with van der Waals surface area (Å²) in [5.41, 5.74) is 5.18. The summed E-state index contributed by atoms with van der Waals surface area (Å²) in [6.07, 6.45) is 0. The molecule has 1 amide bonds. The van der Waals surface area contributed by atoms with Gasteiger partial charge in [-0.2, -0.15) is 15.5 Å². The van der Waals surface area contributed by atoms with Crippen molar-refractivity contribution in [1.82, 2.24) is 15.2 Å². The van der Waals surface area contributed by atoms with E-state index >= 15 is 0 Å². The van der Waals surface area contributed by atoms with Crippen LogP contribution in [-0.2, 0) is 6.54 Å².